The minimum absolute atomic E-state index is 0.121. The second-order valence-corrected chi connectivity index (χ2v) is 12.5. The summed E-state index contributed by atoms with van der Waals surface area (Å²) in [7, 11) is -3.66. The van der Waals surface area contributed by atoms with Crippen LogP contribution in [-0.2, 0) is 21.7 Å². The highest BCUT2D eigenvalue weighted by atomic mass is 127. The molecule has 44 heavy (non-hydrogen) atoms. The number of carbonyl (C=O) groups excluding carboxylic acids is 2. The van der Waals surface area contributed by atoms with Gasteiger partial charge >= 0.3 is 24.2 Å². The predicted molar refractivity (Wildman–Crippen MR) is 146 cm³/mol. The molecule has 6 nitrogen and oxygen atoms in total. The van der Waals surface area contributed by atoms with Crippen LogP contribution < -0.4 is 10.6 Å². The van der Waals surface area contributed by atoms with Crippen LogP contribution >= 0.6 is 34.2 Å². The van der Waals surface area contributed by atoms with E-state index in [-0.39, 0.29) is 27.2 Å². The predicted octanol–water partition coefficient (Wildman–Crippen LogP) is 8.16. The van der Waals surface area contributed by atoms with Crippen molar-refractivity contribution in [3.05, 3.63) is 85.4 Å². The van der Waals surface area contributed by atoms with E-state index in [0.717, 1.165) is 59.2 Å². The number of halogens is 12. The van der Waals surface area contributed by atoms with E-state index in [1.54, 1.807) is 5.32 Å². The lowest BCUT2D eigenvalue weighted by molar-refractivity contribution is -0.348. The lowest BCUT2D eigenvalue weighted by Crippen LogP contribution is -2.50. The van der Waals surface area contributed by atoms with Gasteiger partial charge in [-0.2, -0.15) is 39.5 Å². The summed E-state index contributed by atoms with van der Waals surface area (Å²) in [6, 6.07) is 6.81. The van der Waals surface area contributed by atoms with Gasteiger partial charge in [0.05, 0.1) is 26.7 Å². The molecule has 0 bridgehead atoms. The number of anilines is 2. The molecule has 3 aromatic rings. The lowest BCUT2D eigenvalue weighted by Gasteiger charge is -2.31. The number of hydrogen-bond acceptors (Lipinski definition) is 4. The highest BCUT2D eigenvalue weighted by molar-refractivity contribution is 14.1. The van der Waals surface area contributed by atoms with Crippen molar-refractivity contribution >= 4 is 67.2 Å². The third kappa shape index (κ3) is 7.22. The molecule has 3 aromatic carbocycles. The molecule has 0 radical (unpaired) electrons. The summed E-state index contributed by atoms with van der Waals surface area (Å²) in [6.45, 7) is 0. The Bertz CT molecular complexity index is 1730. The Morgan fingerprint density at radius 3 is 1.89 bits per heavy atom. The summed E-state index contributed by atoms with van der Waals surface area (Å²) in [6.07, 6.45) is -18.1. The van der Waals surface area contributed by atoms with E-state index in [2.05, 4.69) is 5.32 Å². The summed E-state index contributed by atoms with van der Waals surface area (Å²) >= 11 is 6.91. The fourth-order valence-corrected chi connectivity index (χ4v) is 5.42. The first-order chi connectivity index (χ1) is 19.9. The summed E-state index contributed by atoms with van der Waals surface area (Å²) in [5, 5.41) is 3.83. The fourth-order valence-electron chi connectivity index (χ4n) is 3.68. The van der Waals surface area contributed by atoms with E-state index in [1.165, 1.54) is 12.1 Å². The second kappa shape index (κ2) is 12.0. The van der Waals surface area contributed by atoms with Crippen molar-refractivity contribution in [2.45, 2.75) is 29.1 Å². The molecule has 19 heteroatoms. The molecular formula is C25H14ClF10IN2O4S. The summed E-state index contributed by atoms with van der Waals surface area (Å²) in [5.74, 6) is -2.23. The van der Waals surface area contributed by atoms with Gasteiger partial charge in [-0.25, -0.2) is 12.8 Å². The molecule has 0 saturated carbocycles. The van der Waals surface area contributed by atoms with Gasteiger partial charge in [-0.15, -0.1) is 0 Å². The molecule has 0 fully saturated rings. The van der Waals surface area contributed by atoms with Crippen LogP contribution in [0.5, 0.6) is 0 Å². The molecule has 0 aliphatic heterocycles. The molecular weight excluding hydrogens is 777 g/mol. The van der Waals surface area contributed by atoms with E-state index < -0.39 is 77.9 Å². The van der Waals surface area contributed by atoms with E-state index in [9.17, 15) is 61.9 Å². The first-order valence-corrected chi connectivity index (χ1v) is 14.7. The smallest absolute Gasteiger partial charge is 0.322 e. The van der Waals surface area contributed by atoms with Gasteiger partial charge < -0.3 is 10.6 Å². The Hall–Kier alpha value is -3.13. The Morgan fingerprint density at radius 2 is 1.39 bits per heavy atom. The van der Waals surface area contributed by atoms with Crippen molar-refractivity contribution in [3.63, 3.8) is 0 Å². The van der Waals surface area contributed by atoms with Gasteiger partial charge in [0, 0.05) is 26.6 Å². The largest absolute Gasteiger partial charge is 0.435 e. The monoisotopic (exact) mass is 790 g/mol. The number of benzene rings is 3. The molecule has 0 heterocycles. The maximum absolute atomic E-state index is 14.5. The Balaban J connectivity index is 1.97. The van der Waals surface area contributed by atoms with Crippen LogP contribution in [0.15, 0.2) is 59.5 Å². The van der Waals surface area contributed by atoms with E-state index in [1.807, 2.05) is 0 Å². The van der Waals surface area contributed by atoms with Crippen molar-refractivity contribution < 1.29 is 61.9 Å². The first kappa shape index (κ1) is 35.4. The zero-order valence-electron chi connectivity index (χ0n) is 21.3. The highest BCUT2D eigenvalue weighted by Crippen LogP contribution is 2.54. The lowest BCUT2D eigenvalue weighted by atomic mass is 9.92. The third-order valence-corrected chi connectivity index (χ3v) is 8.08. The van der Waals surface area contributed by atoms with Crippen LogP contribution in [0.25, 0.3) is 0 Å². The number of amides is 2. The molecule has 0 aromatic heterocycles. The standard InChI is InChI=1S/C25H14ClF10IN2O4S/c1-44(42,43)14-5-6-15(17(26)10-14)21(41)38-13-4-2-3-11(7-13)20(40)39-19-16(23(28,29)30)8-12(9-18(19)37)22(27,24(31,32)33)25(34,35)36/h2-10H,1H3,(H,38,41)(H,39,40). The average Bonchev–Trinajstić information content (AvgIpc) is 2.86. The average molecular weight is 791 g/mol. The summed E-state index contributed by atoms with van der Waals surface area (Å²) < 4.78 is 157. The molecule has 0 unspecified atom stereocenters. The quantitative estimate of drug-likeness (QED) is 0.195. The molecule has 0 aliphatic rings. The molecule has 2 N–H and O–H groups in total. The Kier molecular flexibility index (Phi) is 9.64. The number of rotatable bonds is 6. The molecule has 3 rings (SSSR count). The maximum Gasteiger partial charge on any atom is 0.435 e. The molecule has 238 valence electrons. The first-order valence-electron chi connectivity index (χ1n) is 11.3. The van der Waals surface area contributed by atoms with Crippen LogP contribution in [0.3, 0.4) is 0 Å². The van der Waals surface area contributed by atoms with E-state index in [0.29, 0.717) is 0 Å². The van der Waals surface area contributed by atoms with Gasteiger partial charge in [0.15, 0.2) is 9.84 Å². The second-order valence-electron chi connectivity index (χ2n) is 8.94. The molecule has 0 spiro atoms. The fraction of sp³-hybridized carbons (Fsp3) is 0.200. The summed E-state index contributed by atoms with van der Waals surface area (Å²) in [4.78, 5) is 25.3. The van der Waals surface area contributed by atoms with Gasteiger partial charge in [-0.1, -0.05) is 17.7 Å². The van der Waals surface area contributed by atoms with Gasteiger partial charge in [0.25, 0.3) is 11.8 Å². The number of carbonyl (C=O) groups is 2. The van der Waals surface area contributed by atoms with Gasteiger partial charge in [0.1, 0.15) is 0 Å². The van der Waals surface area contributed by atoms with Gasteiger partial charge in [-0.05, 0) is 71.1 Å². The zero-order chi connectivity index (χ0) is 33.6. The van der Waals surface area contributed by atoms with Crippen LogP contribution in [0, 0.1) is 3.57 Å². The third-order valence-electron chi connectivity index (χ3n) is 5.81. The van der Waals surface area contributed by atoms with Crippen molar-refractivity contribution in [3.8, 4) is 0 Å². The Labute approximate surface area is 259 Å². The van der Waals surface area contributed by atoms with Gasteiger partial charge in [0.2, 0.25) is 0 Å². The molecule has 0 saturated heterocycles. The summed E-state index contributed by atoms with van der Waals surface area (Å²) in [5.41, 5.74) is -12.8. The van der Waals surface area contributed by atoms with Gasteiger partial charge in [-0.3, -0.25) is 9.59 Å². The van der Waals surface area contributed by atoms with Crippen LogP contribution in [-0.4, -0.2) is 38.8 Å². The topological polar surface area (TPSA) is 92.3 Å². The van der Waals surface area contributed by atoms with Crippen LogP contribution in [0.1, 0.15) is 31.8 Å². The SMILES string of the molecule is CS(=O)(=O)c1ccc(C(=O)Nc2cccc(C(=O)Nc3c(I)cc(C(F)(C(F)(F)F)C(F)(F)F)cc3C(F)(F)F)c2)c(Cl)c1. The zero-order valence-corrected chi connectivity index (χ0v) is 25.0. The minimum Gasteiger partial charge on any atom is -0.322 e. The number of sulfone groups is 1. The highest BCUT2D eigenvalue weighted by Gasteiger charge is 2.73. The van der Waals surface area contributed by atoms with Crippen LogP contribution in [0.2, 0.25) is 5.02 Å². The molecule has 0 aliphatic carbocycles. The molecule has 0 atom stereocenters. The van der Waals surface area contributed by atoms with Crippen LogP contribution in [0.4, 0.5) is 55.3 Å². The maximum atomic E-state index is 14.5. The minimum atomic E-state index is -6.69. The normalized spacial score (nSPS) is 13.0. The number of nitrogens with one attached hydrogen (secondary N) is 2. The van der Waals surface area contributed by atoms with E-state index in [4.69, 9.17) is 11.6 Å². The van der Waals surface area contributed by atoms with E-state index >= 15 is 0 Å². The van der Waals surface area contributed by atoms with Crippen molar-refractivity contribution in [1.82, 2.24) is 0 Å². The van der Waals surface area contributed by atoms with Crippen molar-refractivity contribution in [1.29, 1.82) is 0 Å². The Morgan fingerprint density at radius 1 is 0.795 bits per heavy atom. The molecule has 2 amide bonds. The van der Waals surface area contributed by atoms with Crippen molar-refractivity contribution in [2.24, 2.45) is 0 Å². The van der Waals surface area contributed by atoms with Crippen molar-refractivity contribution in [2.75, 3.05) is 16.9 Å². The number of hydrogen-bond donors (Lipinski definition) is 2. The number of alkyl halides is 10.